The van der Waals surface area contributed by atoms with Gasteiger partial charge in [-0.05, 0) is 61.9 Å². The number of hydrogen-bond acceptors (Lipinski definition) is 4. The highest BCUT2D eigenvalue weighted by Gasteiger charge is 2.25. The van der Waals surface area contributed by atoms with Crippen molar-refractivity contribution < 1.29 is 19.3 Å². The summed E-state index contributed by atoms with van der Waals surface area (Å²) in [5.74, 6) is 1.62. The van der Waals surface area contributed by atoms with E-state index in [9.17, 15) is 5.11 Å². The summed E-state index contributed by atoms with van der Waals surface area (Å²) in [5.41, 5.74) is 4.39. The third kappa shape index (κ3) is 4.57. The third-order valence-electron chi connectivity index (χ3n) is 4.94. The molecule has 1 aliphatic rings. The highest BCUT2D eigenvalue weighted by atomic mass is 35.5. The molecule has 0 bridgehead atoms. The molecule has 0 radical (unpaired) electrons. The first-order valence-corrected chi connectivity index (χ1v) is 9.77. The molecule has 2 aromatic rings. The molecule has 0 aliphatic carbocycles. The Labute approximate surface area is 166 Å². The molecule has 2 unspecified atom stereocenters. The highest BCUT2D eigenvalue weighted by molar-refractivity contribution is 6.33. The predicted molar refractivity (Wildman–Crippen MR) is 107 cm³/mol. The van der Waals surface area contributed by atoms with Gasteiger partial charge in [0.2, 0.25) is 0 Å². The maximum absolute atomic E-state index is 9.32. The van der Waals surface area contributed by atoms with E-state index in [1.807, 2.05) is 38.1 Å². The molecular formula is C22H27ClO4. The van der Waals surface area contributed by atoms with E-state index in [4.69, 9.17) is 25.8 Å². The Kier molecular flexibility index (Phi) is 6.64. The molecule has 0 saturated carbocycles. The molecular weight excluding hydrogens is 364 g/mol. The van der Waals surface area contributed by atoms with E-state index in [1.54, 1.807) is 7.11 Å². The maximum Gasteiger partial charge on any atom is 0.141 e. The smallest absolute Gasteiger partial charge is 0.141 e. The summed E-state index contributed by atoms with van der Waals surface area (Å²) in [5, 5.41) is 10.0. The molecule has 146 valence electrons. The number of ether oxygens (including phenoxy) is 3. The third-order valence-corrected chi connectivity index (χ3v) is 5.35. The fourth-order valence-electron chi connectivity index (χ4n) is 3.50. The lowest BCUT2D eigenvalue weighted by Crippen LogP contribution is -2.19. The summed E-state index contributed by atoms with van der Waals surface area (Å²) in [6, 6.07) is 10.1. The van der Waals surface area contributed by atoms with Crippen LogP contribution in [0.15, 0.2) is 30.3 Å². The Morgan fingerprint density at radius 1 is 1.22 bits per heavy atom. The quantitative estimate of drug-likeness (QED) is 0.742. The van der Waals surface area contributed by atoms with E-state index < -0.39 is 0 Å². The fraction of sp³-hybridized carbons (Fsp3) is 0.455. The first-order chi connectivity index (χ1) is 13.0. The number of benzene rings is 2. The van der Waals surface area contributed by atoms with Gasteiger partial charge in [-0.2, -0.15) is 0 Å². The van der Waals surface area contributed by atoms with Crippen LogP contribution in [0.1, 0.15) is 48.6 Å². The Balaban J connectivity index is 1.96. The molecule has 0 spiro atoms. The van der Waals surface area contributed by atoms with Crippen molar-refractivity contribution in [3.8, 4) is 11.5 Å². The molecule has 1 N–H and O–H groups in total. The number of hydrogen-bond donors (Lipinski definition) is 1. The van der Waals surface area contributed by atoms with Crippen molar-refractivity contribution in [3.05, 3.63) is 57.6 Å². The molecule has 0 saturated heterocycles. The van der Waals surface area contributed by atoms with E-state index >= 15 is 0 Å². The molecule has 0 fully saturated rings. The Bertz CT molecular complexity index is 773. The second-order valence-corrected chi connectivity index (χ2v) is 7.37. The van der Waals surface area contributed by atoms with Crippen LogP contribution in [-0.2, 0) is 17.6 Å². The van der Waals surface area contributed by atoms with Gasteiger partial charge in [0.05, 0.1) is 37.6 Å². The van der Waals surface area contributed by atoms with Gasteiger partial charge in [-0.3, -0.25) is 0 Å². The Hall–Kier alpha value is -1.75. The van der Waals surface area contributed by atoms with Gasteiger partial charge < -0.3 is 19.3 Å². The molecule has 4 nitrogen and oxygen atoms in total. The zero-order chi connectivity index (χ0) is 19.4. The number of rotatable bonds is 7. The van der Waals surface area contributed by atoms with E-state index in [2.05, 4.69) is 6.07 Å². The summed E-state index contributed by atoms with van der Waals surface area (Å²) >= 11 is 6.71. The minimum absolute atomic E-state index is 0.00464. The molecule has 2 atom stereocenters. The average Bonchev–Trinajstić information content (AvgIpc) is 2.70. The zero-order valence-corrected chi connectivity index (χ0v) is 16.9. The Morgan fingerprint density at radius 3 is 2.63 bits per heavy atom. The first kappa shape index (κ1) is 20.0. The van der Waals surface area contributed by atoms with Crippen molar-refractivity contribution in [2.75, 3.05) is 20.3 Å². The summed E-state index contributed by atoms with van der Waals surface area (Å²) < 4.78 is 17.1. The van der Waals surface area contributed by atoms with Crippen LogP contribution in [-0.4, -0.2) is 31.5 Å². The van der Waals surface area contributed by atoms with Gasteiger partial charge in [0.1, 0.15) is 11.5 Å². The SMILES string of the molecule is COc1ccc(Cc2cc(C(C)OC(C)CO)c3c(c2Cl)OCCC3)cc1. The molecule has 1 heterocycles. The molecule has 27 heavy (non-hydrogen) atoms. The van der Waals surface area contributed by atoms with E-state index in [1.165, 1.54) is 0 Å². The maximum atomic E-state index is 9.32. The van der Waals surface area contributed by atoms with Gasteiger partial charge in [0, 0.05) is 5.56 Å². The van der Waals surface area contributed by atoms with Crippen LogP contribution in [0.5, 0.6) is 11.5 Å². The molecule has 1 aliphatic heterocycles. The van der Waals surface area contributed by atoms with Crippen LogP contribution in [0.25, 0.3) is 0 Å². The molecule has 3 rings (SSSR count). The molecule has 0 amide bonds. The largest absolute Gasteiger partial charge is 0.497 e. The van der Waals surface area contributed by atoms with Gasteiger partial charge in [-0.1, -0.05) is 29.8 Å². The second-order valence-electron chi connectivity index (χ2n) is 6.99. The van der Waals surface area contributed by atoms with E-state index in [0.29, 0.717) is 18.1 Å². The standard InChI is InChI=1S/C22H27ClO4/c1-14(13-24)27-15(2)20-12-17(11-16-6-8-18(25-3)9-7-16)21(23)22-19(20)5-4-10-26-22/h6-9,12,14-15,24H,4-5,10-11,13H2,1-3H3. The van der Waals surface area contributed by atoms with Gasteiger partial charge >= 0.3 is 0 Å². The number of methoxy groups -OCH3 is 1. The van der Waals surface area contributed by atoms with Crippen molar-refractivity contribution in [1.29, 1.82) is 0 Å². The minimum atomic E-state index is -0.221. The summed E-state index contributed by atoms with van der Waals surface area (Å²) in [7, 11) is 1.66. The monoisotopic (exact) mass is 390 g/mol. The zero-order valence-electron chi connectivity index (χ0n) is 16.1. The predicted octanol–water partition coefficient (Wildman–Crippen LogP) is 4.72. The van der Waals surface area contributed by atoms with Gasteiger partial charge in [-0.15, -0.1) is 0 Å². The second kappa shape index (κ2) is 8.96. The lowest BCUT2D eigenvalue weighted by Gasteiger charge is -2.27. The first-order valence-electron chi connectivity index (χ1n) is 9.39. The lowest BCUT2D eigenvalue weighted by molar-refractivity contribution is -0.0225. The number of aliphatic hydroxyl groups is 1. The van der Waals surface area contributed by atoms with Gasteiger partial charge in [0.15, 0.2) is 0 Å². The van der Waals surface area contributed by atoms with Crippen molar-refractivity contribution in [2.45, 2.75) is 45.3 Å². The summed E-state index contributed by atoms with van der Waals surface area (Å²) in [6.45, 7) is 4.56. The summed E-state index contributed by atoms with van der Waals surface area (Å²) in [6.07, 6.45) is 2.23. The van der Waals surface area contributed by atoms with Crippen molar-refractivity contribution in [3.63, 3.8) is 0 Å². The van der Waals surface area contributed by atoms with Crippen LogP contribution in [0.2, 0.25) is 5.02 Å². The lowest BCUT2D eigenvalue weighted by atomic mass is 9.92. The molecule has 5 heteroatoms. The van der Waals surface area contributed by atoms with Crippen molar-refractivity contribution in [1.82, 2.24) is 0 Å². The molecule has 0 aromatic heterocycles. The minimum Gasteiger partial charge on any atom is -0.497 e. The van der Waals surface area contributed by atoms with Crippen molar-refractivity contribution in [2.24, 2.45) is 0 Å². The number of fused-ring (bicyclic) bond motifs is 1. The van der Waals surface area contributed by atoms with Crippen molar-refractivity contribution >= 4 is 11.6 Å². The van der Waals surface area contributed by atoms with Gasteiger partial charge in [0.25, 0.3) is 0 Å². The average molecular weight is 391 g/mol. The fourth-order valence-corrected chi connectivity index (χ4v) is 3.79. The topological polar surface area (TPSA) is 47.9 Å². The number of aliphatic hydroxyl groups excluding tert-OH is 1. The number of halogens is 1. The van der Waals surface area contributed by atoms with Crippen LogP contribution >= 0.6 is 11.6 Å². The van der Waals surface area contributed by atoms with Crippen LogP contribution in [0.4, 0.5) is 0 Å². The Morgan fingerprint density at radius 2 is 1.96 bits per heavy atom. The van der Waals surface area contributed by atoms with Crippen LogP contribution in [0.3, 0.4) is 0 Å². The van der Waals surface area contributed by atoms with Crippen LogP contribution < -0.4 is 9.47 Å². The van der Waals surface area contributed by atoms with E-state index in [-0.39, 0.29) is 18.8 Å². The van der Waals surface area contributed by atoms with Gasteiger partial charge in [-0.25, -0.2) is 0 Å². The van der Waals surface area contributed by atoms with Crippen LogP contribution in [0, 0.1) is 0 Å². The highest BCUT2D eigenvalue weighted by Crippen LogP contribution is 2.41. The molecule has 2 aromatic carbocycles. The normalized spacial score (nSPS) is 15.6. The summed E-state index contributed by atoms with van der Waals surface area (Å²) in [4.78, 5) is 0. The van der Waals surface area contributed by atoms with E-state index in [0.717, 1.165) is 46.6 Å².